The minimum absolute atomic E-state index is 0.122. The number of pyridine rings is 1. The average Bonchev–Trinajstić information content (AvgIpc) is 3.14. The summed E-state index contributed by atoms with van der Waals surface area (Å²) in [5, 5.41) is 12.0. The molecule has 0 aliphatic rings. The van der Waals surface area contributed by atoms with Crippen LogP contribution >= 0.6 is 11.8 Å². The molecule has 28 heavy (non-hydrogen) atoms. The van der Waals surface area contributed by atoms with Crippen molar-refractivity contribution in [3.63, 3.8) is 0 Å². The Morgan fingerprint density at radius 3 is 2.61 bits per heavy atom. The van der Waals surface area contributed by atoms with Gasteiger partial charge < -0.3 is 14.8 Å². The summed E-state index contributed by atoms with van der Waals surface area (Å²) < 4.78 is 12.5. The summed E-state index contributed by atoms with van der Waals surface area (Å²) in [6.45, 7) is 0.382. The first-order valence-corrected chi connectivity index (χ1v) is 9.56. The number of benzene rings is 1. The molecule has 1 amide bonds. The second-order valence-corrected chi connectivity index (χ2v) is 6.70. The zero-order valence-corrected chi connectivity index (χ0v) is 16.4. The second-order valence-electron chi connectivity index (χ2n) is 5.76. The van der Waals surface area contributed by atoms with Gasteiger partial charge >= 0.3 is 0 Å². The van der Waals surface area contributed by atoms with Crippen molar-refractivity contribution in [3.8, 4) is 11.4 Å². The number of rotatable bonds is 9. The van der Waals surface area contributed by atoms with E-state index < -0.39 is 6.29 Å². The molecule has 0 spiro atoms. The lowest BCUT2D eigenvalue weighted by atomic mass is 10.3. The number of thioether (sulfide) groups is 1. The molecule has 0 radical (unpaired) electrons. The van der Waals surface area contributed by atoms with Crippen LogP contribution in [0.2, 0.25) is 0 Å². The van der Waals surface area contributed by atoms with Gasteiger partial charge in [-0.3, -0.25) is 14.3 Å². The molecule has 1 aromatic carbocycles. The Morgan fingerprint density at radius 2 is 1.93 bits per heavy atom. The molecule has 2 aromatic heterocycles. The number of nitrogens with one attached hydrogen (secondary N) is 1. The van der Waals surface area contributed by atoms with Crippen molar-refractivity contribution in [2.45, 2.75) is 18.0 Å². The Bertz CT molecular complexity index is 885. The maximum Gasteiger partial charge on any atom is 0.234 e. The first kappa shape index (κ1) is 20.0. The van der Waals surface area contributed by atoms with Crippen molar-refractivity contribution < 1.29 is 14.3 Å². The smallest absolute Gasteiger partial charge is 0.234 e. The van der Waals surface area contributed by atoms with E-state index in [0.717, 1.165) is 11.3 Å². The maximum absolute atomic E-state index is 12.3. The van der Waals surface area contributed by atoms with E-state index >= 15 is 0 Å². The van der Waals surface area contributed by atoms with Gasteiger partial charge in [-0.1, -0.05) is 30.0 Å². The summed E-state index contributed by atoms with van der Waals surface area (Å²) in [4.78, 5) is 16.4. The quantitative estimate of drug-likeness (QED) is 0.437. The van der Waals surface area contributed by atoms with Crippen LogP contribution in [0.4, 0.5) is 5.69 Å². The molecule has 3 rings (SSSR count). The predicted molar refractivity (Wildman–Crippen MR) is 107 cm³/mol. The molecule has 3 aromatic rings. The standard InChI is InChI=1S/C19H21N5O3S/c1-26-17(27-2)12-24-18(14-7-6-10-20-11-14)22-23-19(24)28-13-16(25)21-15-8-4-3-5-9-15/h3-11,17H,12-13H2,1-2H3,(H,21,25). The highest BCUT2D eigenvalue weighted by atomic mass is 32.2. The van der Waals surface area contributed by atoms with Gasteiger partial charge in [0.05, 0.1) is 12.3 Å². The number of amides is 1. The molecule has 9 heteroatoms. The fraction of sp³-hybridized carbons (Fsp3) is 0.263. The van der Waals surface area contributed by atoms with Crippen molar-refractivity contribution >= 4 is 23.4 Å². The maximum atomic E-state index is 12.3. The van der Waals surface area contributed by atoms with E-state index in [1.807, 2.05) is 47.0 Å². The summed E-state index contributed by atoms with van der Waals surface area (Å²) in [5.41, 5.74) is 1.57. The van der Waals surface area contributed by atoms with Gasteiger partial charge in [-0.25, -0.2) is 0 Å². The lowest BCUT2D eigenvalue weighted by Gasteiger charge is -2.16. The van der Waals surface area contributed by atoms with E-state index in [4.69, 9.17) is 9.47 Å². The molecule has 0 unspecified atom stereocenters. The van der Waals surface area contributed by atoms with Gasteiger partial charge in [-0.2, -0.15) is 0 Å². The number of hydrogen-bond donors (Lipinski definition) is 1. The van der Waals surface area contributed by atoms with Crippen molar-refractivity contribution in [3.05, 3.63) is 54.9 Å². The molecule has 0 saturated heterocycles. The highest BCUT2D eigenvalue weighted by Crippen LogP contribution is 2.24. The van der Waals surface area contributed by atoms with E-state index in [0.29, 0.717) is 17.5 Å². The van der Waals surface area contributed by atoms with Crippen LogP contribution in [0, 0.1) is 0 Å². The Morgan fingerprint density at radius 1 is 1.14 bits per heavy atom. The van der Waals surface area contributed by atoms with Crippen LogP contribution in [0.3, 0.4) is 0 Å². The summed E-state index contributed by atoms with van der Waals surface area (Å²) in [6, 6.07) is 13.1. The minimum Gasteiger partial charge on any atom is -0.354 e. The van der Waals surface area contributed by atoms with Gasteiger partial charge in [0.25, 0.3) is 0 Å². The molecule has 0 aliphatic heterocycles. The van der Waals surface area contributed by atoms with Crippen molar-refractivity contribution in [2.75, 3.05) is 25.3 Å². The molecular formula is C19H21N5O3S. The van der Waals surface area contributed by atoms with Gasteiger partial charge in [0.2, 0.25) is 5.91 Å². The molecule has 2 heterocycles. The number of anilines is 1. The van der Waals surface area contributed by atoms with Crippen molar-refractivity contribution in [2.24, 2.45) is 0 Å². The first-order valence-electron chi connectivity index (χ1n) is 8.58. The molecule has 0 bridgehead atoms. The van der Waals surface area contributed by atoms with Gasteiger partial charge in [-0.15, -0.1) is 10.2 Å². The number of carbonyl (C=O) groups is 1. The molecule has 0 atom stereocenters. The molecule has 0 fully saturated rings. The lowest BCUT2D eigenvalue weighted by molar-refractivity contribution is -0.113. The number of methoxy groups -OCH3 is 2. The number of ether oxygens (including phenoxy) is 2. The van der Waals surface area contributed by atoms with E-state index in [2.05, 4.69) is 20.5 Å². The van der Waals surface area contributed by atoms with Gasteiger partial charge in [0.1, 0.15) is 0 Å². The topological polar surface area (TPSA) is 91.2 Å². The van der Waals surface area contributed by atoms with Gasteiger partial charge in [0.15, 0.2) is 17.3 Å². The summed E-state index contributed by atoms with van der Waals surface area (Å²) >= 11 is 1.30. The third-order valence-corrected chi connectivity index (χ3v) is 4.85. The summed E-state index contributed by atoms with van der Waals surface area (Å²) in [5.74, 6) is 0.715. The van der Waals surface area contributed by atoms with Crippen LogP contribution in [0.5, 0.6) is 0 Å². The normalized spacial score (nSPS) is 11.0. The van der Waals surface area contributed by atoms with Crippen LogP contribution in [0.25, 0.3) is 11.4 Å². The zero-order valence-electron chi connectivity index (χ0n) is 15.6. The van der Waals surface area contributed by atoms with E-state index in [-0.39, 0.29) is 11.7 Å². The van der Waals surface area contributed by atoms with E-state index in [1.165, 1.54) is 11.8 Å². The molecular weight excluding hydrogens is 378 g/mol. The highest BCUT2D eigenvalue weighted by molar-refractivity contribution is 7.99. The van der Waals surface area contributed by atoms with E-state index in [1.54, 1.807) is 26.6 Å². The minimum atomic E-state index is -0.469. The SMILES string of the molecule is COC(Cn1c(SCC(=O)Nc2ccccc2)nnc1-c1cccnc1)OC. The number of para-hydroxylation sites is 1. The molecule has 0 aliphatic carbocycles. The second kappa shape index (κ2) is 9.98. The largest absolute Gasteiger partial charge is 0.354 e. The number of aromatic nitrogens is 4. The Labute approximate surface area is 167 Å². The van der Waals surface area contributed by atoms with Crippen LogP contribution < -0.4 is 5.32 Å². The van der Waals surface area contributed by atoms with Crippen molar-refractivity contribution in [1.82, 2.24) is 19.7 Å². The number of nitrogens with zero attached hydrogens (tertiary/aromatic N) is 4. The molecule has 146 valence electrons. The number of carbonyl (C=O) groups excluding carboxylic acids is 1. The highest BCUT2D eigenvalue weighted by Gasteiger charge is 2.19. The van der Waals surface area contributed by atoms with Crippen LogP contribution in [0.15, 0.2) is 60.0 Å². The third-order valence-electron chi connectivity index (χ3n) is 3.88. The third kappa shape index (κ3) is 5.16. The monoisotopic (exact) mass is 399 g/mol. The zero-order chi connectivity index (χ0) is 19.8. The van der Waals surface area contributed by atoms with E-state index in [9.17, 15) is 4.79 Å². The average molecular weight is 399 g/mol. The molecule has 1 N–H and O–H groups in total. The van der Waals surface area contributed by atoms with Crippen LogP contribution in [-0.2, 0) is 20.8 Å². The predicted octanol–water partition coefficient (Wildman–Crippen LogP) is 2.69. The fourth-order valence-electron chi connectivity index (χ4n) is 2.51. The molecule has 0 saturated carbocycles. The molecule has 8 nitrogen and oxygen atoms in total. The van der Waals surface area contributed by atoms with Gasteiger partial charge in [-0.05, 0) is 24.3 Å². The Kier molecular flexibility index (Phi) is 7.12. The van der Waals surface area contributed by atoms with Crippen LogP contribution in [-0.4, -0.2) is 51.9 Å². The number of hydrogen-bond acceptors (Lipinski definition) is 7. The Hall–Kier alpha value is -2.75. The van der Waals surface area contributed by atoms with Crippen molar-refractivity contribution in [1.29, 1.82) is 0 Å². The lowest BCUT2D eigenvalue weighted by Crippen LogP contribution is -2.22. The summed E-state index contributed by atoms with van der Waals surface area (Å²) in [6.07, 6.45) is 2.94. The fourth-order valence-corrected chi connectivity index (χ4v) is 3.26. The van der Waals surface area contributed by atoms with Gasteiger partial charge in [0, 0.05) is 37.9 Å². The first-order chi connectivity index (χ1) is 13.7. The summed E-state index contributed by atoms with van der Waals surface area (Å²) in [7, 11) is 3.14. The Balaban J connectivity index is 1.76. The van der Waals surface area contributed by atoms with Crippen LogP contribution in [0.1, 0.15) is 0 Å².